The first kappa shape index (κ1) is 28.3. The summed E-state index contributed by atoms with van der Waals surface area (Å²) in [6.45, 7) is 12.6. The van der Waals surface area contributed by atoms with Crippen molar-refractivity contribution in [1.82, 2.24) is 19.8 Å². The molecule has 11 heteroatoms. The highest BCUT2D eigenvalue weighted by Crippen LogP contribution is 2.41. The van der Waals surface area contributed by atoms with Crippen molar-refractivity contribution in [3.63, 3.8) is 0 Å². The van der Waals surface area contributed by atoms with Crippen molar-refractivity contribution in [3.8, 4) is 6.01 Å². The Morgan fingerprint density at radius 3 is 2.70 bits per heavy atom. The molecule has 1 aromatic heterocycles. The van der Waals surface area contributed by atoms with Gasteiger partial charge in [-0.3, -0.25) is 0 Å². The first-order valence-electron chi connectivity index (χ1n) is 12.6. The Morgan fingerprint density at radius 1 is 1.30 bits per heavy atom. The lowest BCUT2D eigenvalue weighted by molar-refractivity contribution is -0.0417. The molecule has 2 fully saturated rings. The van der Waals surface area contributed by atoms with Gasteiger partial charge in [0.25, 0.3) is 0 Å². The molecule has 204 valence electrons. The third-order valence-electron chi connectivity index (χ3n) is 6.85. The second-order valence-electron chi connectivity index (χ2n) is 11.1. The average Bonchev–Trinajstić information content (AvgIpc) is 2.81. The number of benzene rings is 1. The maximum atomic E-state index is 15.4. The summed E-state index contributed by atoms with van der Waals surface area (Å²) in [7, 11) is 2.03. The number of halogens is 3. The van der Waals surface area contributed by atoms with Crippen LogP contribution in [0.25, 0.3) is 10.9 Å². The van der Waals surface area contributed by atoms with Crippen molar-refractivity contribution in [1.29, 1.82) is 0 Å². The van der Waals surface area contributed by atoms with Gasteiger partial charge in [-0.15, -0.1) is 0 Å². The molecule has 0 saturated carbocycles. The first-order chi connectivity index (χ1) is 17.3. The second-order valence-corrected chi connectivity index (χ2v) is 12.3. The van der Waals surface area contributed by atoms with Crippen molar-refractivity contribution in [2.75, 3.05) is 39.9 Å². The van der Waals surface area contributed by atoms with E-state index < -0.39 is 11.4 Å². The quantitative estimate of drug-likeness (QED) is 0.420. The van der Waals surface area contributed by atoms with Gasteiger partial charge in [-0.05, 0) is 69.1 Å². The van der Waals surface area contributed by atoms with E-state index in [1.807, 2.05) is 34.7 Å². The molecule has 3 heterocycles. The van der Waals surface area contributed by atoms with Gasteiger partial charge in [-0.25, -0.2) is 9.18 Å². The highest BCUT2D eigenvalue weighted by molar-refractivity contribution is 9.10. The van der Waals surface area contributed by atoms with Crippen LogP contribution in [0.2, 0.25) is 5.02 Å². The molecule has 37 heavy (non-hydrogen) atoms. The fourth-order valence-electron chi connectivity index (χ4n) is 4.96. The van der Waals surface area contributed by atoms with E-state index in [0.717, 1.165) is 13.1 Å². The minimum atomic E-state index is -0.579. The minimum absolute atomic E-state index is 0.0236. The van der Waals surface area contributed by atoms with Gasteiger partial charge in [0.05, 0.1) is 21.8 Å². The Labute approximate surface area is 230 Å². The third-order valence-corrected chi connectivity index (χ3v) is 8.16. The molecule has 0 radical (unpaired) electrons. The Bertz CT molecular complexity index is 1160. The lowest BCUT2D eigenvalue weighted by Crippen LogP contribution is -2.49. The Balaban J connectivity index is 1.66. The van der Waals surface area contributed by atoms with Gasteiger partial charge >= 0.3 is 12.1 Å². The van der Waals surface area contributed by atoms with Gasteiger partial charge < -0.3 is 24.0 Å². The molecule has 0 N–H and O–H groups in total. The summed E-state index contributed by atoms with van der Waals surface area (Å²) in [5, 5.41) is 0.788. The van der Waals surface area contributed by atoms with E-state index in [1.54, 1.807) is 11.0 Å². The highest BCUT2D eigenvalue weighted by atomic mass is 79.9. The SMILES string of the molecule is C[C@@H]1CC(c2nc(OC[C@@H]3CN(C)CCO3)nc3c(F)c(Br)c(Cl)cc23)[C@@H](C)CN1C(=O)OC(C)(C)C. The number of nitrogens with zero attached hydrogens (tertiary/aromatic N) is 4. The van der Waals surface area contributed by atoms with E-state index >= 15 is 4.39 Å². The predicted molar refractivity (Wildman–Crippen MR) is 144 cm³/mol. The third kappa shape index (κ3) is 6.46. The zero-order chi connectivity index (χ0) is 27.1. The topological polar surface area (TPSA) is 77.0 Å². The number of amides is 1. The Hall–Kier alpha value is -1.75. The molecule has 0 spiro atoms. The Kier molecular flexibility index (Phi) is 8.52. The highest BCUT2D eigenvalue weighted by Gasteiger charge is 2.38. The number of piperidine rings is 1. The lowest BCUT2D eigenvalue weighted by Gasteiger charge is -2.42. The fourth-order valence-corrected chi connectivity index (χ4v) is 5.45. The van der Waals surface area contributed by atoms with Crippen molar-refractivity contribution >= 4 is 44.5 Å². The summed E-state index contributed by atoms with van der Waals surface area (Å²) >= 11 is 9.58. The lowest BCUT2D eigenvalue weighted by atomic mass is 9.80. The number of likely N-dealkylation sites (N-methyl/N-ethyl adjacent to an activating group) is 1. The molecule has 0 bridgehead atoms. The number of carbonyl (C=O) groups excluding carboxylic acids is 1. The summed E-state index contributed by atoms with van der Waals surface area (Å²) in [6, 6.07) is 1.69. The molecular weight excluding hydrogens is 567 g/mol. The van der Waals surface area contributed by atoms with Gasteiger partial charge in [0.2, 0.25) is 0 Å². The largest absolute Gasteiger partial charge is 0.461 e. The molecule has 1 unspecified atom stereocenters. The van der Waals surface area contributed by atoms with Gasteiger partial charge in [0, 0.05) is 37.0 Å². The predicted octanol–water partition coefficient (Wildman–Crippen LogP) is 5.64. The van der Waals surface area contributed by atoms with Crippen LogP contribution in [-0.4, -0.2) is 83.5 Å². The van der Waals surface area contributed by atoms with Crippen LogP contribution in [0.15, 0.2) is 10.5 Å². The van der Waals surface area contributed by atoms with Gasteiger partial charge in [-0.1, -0.05) is 18.5 Å². The van der Waals surface area contributed by atoms with E-state index in [9.17, 15) is 4.79 Å². The van der Waals surface area contributed by atoms with Crippen LogP contribution in [0.4, 0.5) is 9.18 Å². The van der Waals surface area contributed by atoms with Crippen LogP contribution < -0.4 is 4.74 Å². The molecule has 4 atom stereocenters. The van der Waals surface area contributed by atoms with Crippen molar-refractivity contribution < 1.29 is 23.4 Å². The number of rotatable bonds is 4. The first-order valence-corrected chi connectivity index (χ1v) is 13.8. The number of morpholine rings is 1. The molecule has 2 aliphatic heterocycles. The maximum Gasteiger partial charge on any atom is 0.410 e. The Morgan fingerprint density at radius 2 is 2.03 bits per heavy atom. The monoisotopic (exact) mass is 600 g/mol. The van der Waals surface area contributed by atoms with Crippen LogP contribution in [0.1, 0.15) is 52.7 Å². The van der Waals surface area contributed by atoms with E-state index in [0.29, 0.717) is 30.7 Å². The van der Waals surface area contributed by atoms with Crippen molar-refractivity contribution in [3.05, 3.63) is 27.1 Å². The summed E-state index contributed by atoms with van der Waals surface area (Å²) < 4.78 is 32.9. The van der Waals surface area contributed by atoms with Gasteiger partial charge in [0.1, 0.15) is 23.8 Å². The molecule has 1 aromatic carbocycles. The van der Waals surface area contributed by atoms with Crippen LogP contribution >= 0.6 is 27.5 Å². The standard InChI is InChI=1S/C26H35BrClFN4O4/c1-14-11-33(25(34)37-26(3,4)5)15(2)9-17(14)22-18-10-19(28)20(27)21(29)23(18)31-24(30-22)36-13-16-12-32(6)7-8-35-16/h10,14-17H,7-9,11-13H2,1-6H3/t14-,15+,16-,17?/m0/s1. The number of carbonyl (C=O) groups is 1. The van der Waals surface area contributed by atoms with E-state index in [-0.39, 0.29) is 57.7 Å². The minimum Gasteiger partial charge on any atom is -0.461 e. The number of fused-ring (bicyclic) bond motifs is 1. The molecular formula is C26H35BrClFN4O4. The zero-order valence-corrected chi connectivity index (χ0v) is 24.5. The normalized spacial score (nSPS) is 25.4. The van der Waals surface area contributed by atoms with Crippen LogP contribution in [-0.2, 0) is 9.47 Å². The number of aromatic nitrogens is 2. The molecule has 4 rings (SSSR count). The molecule has 2 saturated heterocycles. The number of ether oxygens (including phenoxy) is 3. The fraction of sp³-hybridized carbons (Fsp3) is 0.654. The smallest absolute Gasteiger partial charge is 0.410 e. The summed E-state index contributed by atoms with van der Waals surface area (Å²) in [4.78, 5) is 26.0. The van der Waals surface area contributed by atoms with Crippen molar-refractivity contribution in [2.45, 2.75) is 64.7 Å². The van der Waals surface area contributed by atoms with E-state index in [1.165, 1.54) is 0 Å². The summed E-state index contributed by atoms with van der Waals surface area (Å²) in [6.07, 6.45) is 0.161. The van der Waals surface area contributed by atoms with Gasteiger partial charge in [-0.2, -0.15) is 9.97 Å². The summed E-state index contributed by atoms with van der Waals surface area (Å²) in [5.41, 5.74) is 0.232. The molecule has 2 aliphatic rings. The van der Waals surface area contributed by atoms with Crippen molar-refractivity contribution in [2.24, 2.45) is 5.92 Å². The molecule has 8 nitrogen and oxygen atoms in total. The number of hydrogen-bond acceptors (Lipinski definition) is 7. The number of likely N-dealkylation sites (tertiary alicyclic amines) is 1. The zero-order valence-electron chi connectivity index (χ0n) is 22.2. The van der Waals surface area contributed by atoms with E-state index in [4.69, 9.17) is 30.8 Å². The molecule has 1 amide bonds. The summed E-state index contributed by atoms with van der Waals surface area (Å²) in [5.74, 6) is -0.609. The number of hydrogen-bond donors (Lipinski definition) is 0. The van der Waals surface area contributed by atoms with Crippen LogP contribution in [0.5, 0.6) is 6.01 Å². The maximum absolute atomic E-state index is 15.4. The molecule has 2 aromatic rings. The average molecular weight is 602 g/mol. The van der Waals surface area contributed by atoms with Crippen LogP contribution in [0, 0.1) is 11.7 Å². The van der Waals surface area contributed by atoms with Crippen LogP contribution in [0.3, 0.4) is 0 Å². The molecule has 0 aliphatic carbocycles. The second kappa shape index (κ2) is 11.2. The van der Waals surface area contributed by atoms with Gasteiger partial charge in [0.15, 0.2) is 5.82 Å². The van der Waals surface area contributed by atoms with E-state index in [2.05, 4.69) is 32.7 Å².